The average Bonchev–Trinajstić information content (AvgIpc) is 2.75. The molecule has 31 heavy (non-hydrogen) atoms. The molecule has 1 aromatic heterocycles. The van der Waals surface area contributed by atoms with E-state index in [2.05, 4.69) is 9.98 Å². The van der Waals surface area contributed by atoms with Crippen LogP contribution in [0.25, 0.3) is 10.9 Å². The van der Waals surface area contributed by atoms with E-state index in [0.29, 0.717) is 5.71 Å². The number of aliphatic hydroxyl groups is 1. The Bertz CT molecular complexity index is 1170. The van der Waals surface area contributed by atoms with Crippen molar-refractivity contribution >= 4 is 22.3 Å². The average molecular weight is 422 g/mol. The number of fused-ring (bicyclic) bond motifs is 1. The van der Waals surface area contributed by atoms with Crippen LogP contribution in [-0.4, -0.2) is 22.0 Å². The maximum Gasteiger partial charge on any atom is 0.421 e. The monoisotopic (exact) mass is 422 g/mol. The first kappa shape index (κ1) is 21.0. The summed E-state index contributed by atoms with van der Waals surface area (Å²) in [6.45, 7) is 1.92. The molecule has 4 rings (SSSR count). The molecule has 3 nitrogen and oxygen atoms in total. The first-order valence-electron chi connectivity index (χ1n) is 9.92. The van der Waals surface area contributed by atoms with E-state index in [4.69, 9.17) is 0 Å². The third kappa shape index (κ3) is 4.30. The minimum absolute atomic E-state index is 0.165. The zero-order valence-corrected chi connectivity index (χ0v) is 16.8. The van der Waals surface area contributed by atoms with Crippen molar-refractivity contribution in [1.82, 2.24) is 4.98 Å². The fraction of sp³-hybridized carbons (Fsp3) is 0.200. The Morgan fingerprint density at radius 3 is 2.32 bits per heavy atom. The van der Waals surface area contributed by atoms with E-state index >= 15 is 0 Å². The van der Waals surface area contributed by atoms with Crippen molar-refractivity contribution in [2.75, 3.05) is 0 Å². The molecule has 3 aromatic rings. The van der Waals surface area contributed by atoms with Gasteiger partial charge >= 0.3 is 6.18 Å². The summed E-state index contributed by atoms with van der Waals surface area (Å²) >= 11 is 0. The van der Waals surface area contributed by atoms with Gasteiger partial charge in [0.1, 0.15) is 0 Å². The Labute approximate surface area is 178 Å². The summed E-state index contributed by atoms with van der Waals surface area (Å²) in [5.41, 5.74) is 0.0158. The maximum atomic E-state index is 13.8. The van der Waals surface area contributed by atoms with E-state index in [1.165, 1.54) is 24.3 Å². The highest BCUT2D eigenvalue weighted by atomic mass is 19.4. The van der Waals surface area contributed by atoms with E-state index in [0.717, 1.165) is 22.3 Å². The summed E-state index contributed by atoms with van der Waals surface area (Å²) in [4.78, 5) is 9.13. The van der Waals surface area contributed by atoms with Gasteiger partial charge in [0, 0.05) is 11.1 Å². The molecule has 1 heterocycles. The third-order valence-corrected chi connectivity index (χ3v) is 5.38. The molecule has 0 radical (unpaired) electrons. The van der Waals surface area contributed by atoms with Gasteiger partial charge < -0.3 is 5.11 Å². The van der Waals surface area contributed by atoms with Gasteiger partial charge in [-0.15, -0.1) is 0 Å². The Balaban J connectivity index is 1.58. The molecule has 1 aliphatic rings. The van der Waals surface area contributed by atoms with Crippen LogP contribution in [0.5, 0.6) is 0 Å². The van der Waals surface area contributed by atoms with E-state index < -0.39 is 24.1 Å². The van der Waals surface area contributed by atoms with Crippen molar-refractivity contribution in [3.05, 3.63) is 96.2 Å². The number of pyridine rings is 1. The molecule has 6 heteroatoms. The molecule has 0 saturated heterocycles. The summed E-state index contributed by atoms with van der Waals surface area (Å²) in [6.07, 6.45) is 1.37. The summed E-state index contributed by atoms with van der Waals surface area (Å²) < 4.78 is 41.3. The topological polar surface area (TPSA) is 45.5 Å². The number of rotatable bonds is 4. The lowest BCUT2D eigenvalue weighted by atomic mass is 9.82. The Hall–Kier alpha value is -3.25. The molecular formula is C25H21F3N2O. The van der Waals surface area contributed by atoms with Crippen LogP contribution in [0.15, 0.2) is 90.0 Å². The van der Waals surface area contributed by atoms with Crippen LogP contribution in [0.3, 0.4) is 0 Å². The molecule has 1 aliphatic carbocycles. The smallest absolute Gasteiger partial charge is 0.376 e. The van der Waals surface area contributed by atoms with Crippen molar-refractivity contribution in [2.45, 2.75) is 25.1 Å². The van der Waals surface area contributed by atoms with Gasteiger partial charge in [-0.2, -0.15) is 13.2 Å². The lowest BCUT2D eigenvalue weighted by Gasteiger charge is -2.33. The number of hydrogen-bond acceptors (Lipinski definition) is 3. The van der Waals surface area contributed by atoms with Gasteiger partial charge in [0.05, 0.1) is 16.9 Å². The fourth-order valence-corrected chi connectivity index (χ4v) is 3.70. The van der Waals surface area contributed by atoms with Crippen LogP contribution in [0.2, 0.25) is 0 Å². The molecule has 0 saturated carbocycles. The number of benzene rings is 2. The molecule has 0 spiro atoms. The zero-order valence-electron chi connectivity index (χ0n) is 16.8. The third-order valence-electron chi connectivity index (χ3n) is 5.38. The van der Waals surface area contributed by atoms with Crippen molar-refractivity contribution in [1.29, 1.82) is 0 Å². The van der Waals surface area contributed by atoms with Crippen LogP contribution in [0.4, 0.5) is 18.9 Å². The second kappa shape index (κ2) is 8.12. The summed E-state index contributed by atoms with van der Waals surface area (Å²) in [5, 5.41) is 11.5. The molecule has 2 aromatic carbocycles. The summed E-state index contributed by atoms with van der Waals surface area (Å²) in [5.74, 6) is -0.581. The van der Waals surface area contributed by atoms with E-state index in [-0.39, 0.29) is 5.56 Å². The number of aromatic nitrogens is 1. The minimum atomic E-state index is -4.79. The number of alkyl halides is 3. The molecule has 1 N–H and O–H groups in total. The highest BCUT2D eigenvalue weighted by Crippen LogP contribution is 2.44. The predicted molar refractivity (Wildman–Crippen MR) is 116 cm³/mol. The van der Waals surface area contributed by atoms with Gasteiger partial charge in [-0.3, -0.25) is 4.98 Å². The number of hydrogen-bond donors (Lipinski definition) is 1. The second-order valence-corrected chi connectivity index (χ2v) is 7.64. The standard InChI is InChI=1S/C25H21F3N2O/c1-17-10-15-21-22(29-17)8-5-9-23(21)30-20-13-11-18(12-14-20)16-24(31,25(26,27)28)19-6-3-2-4-7-19/h2-15,18,31H,16H2,1H3. The molecule has 1 atom stereocenters. The van der Waals surface area contributed by atoms with Crippen molar-refractivity contribution in [3.63, 3.8) is 0 Å². The molecule has 0 aliphatic heterocycles. The molecular weight excluding hydrogens is 401 g/mol. The van der Waals surface area contributed by atoms with Crippen molar-refractivity contribution in [2.24, 2.45) is 10.9 Å². The van der Waals surface area contributed by atoms with Gasteiger partial charge in [-0.25, -0.2) is 4.99 Å². The molecule has 0 fully saturated rings. The normalized spacial score (nSPS) is 18.2. The van der Waals surface area contributed by atoms with Gasteiger partial charge in [0.25, 0.3) is 0 Å². The van der Waals surface area contributed by atoms with Gasteiger partial charge in [-0.05, 0) is 61.2 Å². The lowest BCUT2D eigenvalue weighted by molar-refractivity contribution is -0.270. The van der Waals surface area contributed by atoms with E-state index in [9.17, 15) is 18.3 Å². The quantitative estimate of drug-likeness (QED) is 0.544. The lowest BCUT2D eigenvalue weighted by Crippen LogP contribution is -2.43. The minimum Gasteiger partial charge on any atom is -0.376 e. The largest absolute Gasteiger partial charge is 0.421 e. The predicted octanol–water partition coefficient (Wildman–Crippen LogP) is 6.20. The van der Waals surface area contributed by atoms with Crippen LogP contribution >= 0.6 is 0 Å². The highest BCUT2D eigenvalue weighted by Gasteiger charge is 2.55. The summed E-state index contributed by atoms with van der Waals surface area (Å²) in [7, 11) is 0. The van der Waals surface area contributed by atoms with Crippen molar-refractivity contribution in [3.8, 4) is 0 Å². The fourth-order valence-electron chi connectivity index (χ4n) is 3.70. The molecule has 1 unspecified atom stereocenters. The maximum absolute atomic E-state index is 13.8. The first-order valence-corrected chi connectivity index (χ1v) is 9.92. The zero-order chi connectivity index (χ0) is 22.1. The Kier molecular flexibility index (Phi) is 5.50. The molecule has 0 bridgehead atoms. The van der Waals surface area contributed by atoms with Crippen LogP contribution < -0.4 is 0 Å². The number of allylic oxidation sites excluding steroid dienone is 4. The van der Waals surface area contributed by atoms with Gasteiger partial charge in [-0.1, -0.05) is 48.6 Å². The van der Waals surface area contributed by atoms with Crippen LogP contribution in [-0.2, 0) is 5.60 Å². The molecule has 158 valence electrons. The van der Waals surface area contributed by atoms with Gasteiger partial charge in [0.2, 0.25) is 0 Å². The summed E-state index contributed by atoms with van der Waals surface area (Å²) in [6, 6.07) is 16.7. The number of nitrogens with zero attached hydrogens (tertiary/aromatic N) is 2. The highest BCUT2D eigenvalue weighted by molar-refractivity contribution is 6.07. The van der Waals surface area contributed by atoms with E-state index in [1.54, 1.807) is 30.4 Å². The number of aliphatic imine (C=N–C) groups is 1. The Morgan fingerprint density at radius 1 is 0.935 bits per heavy atom. The first-order chi connectivity index (χ1) is 14.8. The Morgan fingerprint density at radius 2 is 1.65 bits per heavy atom. The molecule has 0 amide bonds. The van der Waals surface area contributed by atoms with Gasteiger partial charge in [0.15, 0.2) is 5.60 Å². The van der Waals surface area contributed by atoms with Crippen LogP contribution in [0.1, 0.15) is 17.7 Å². The number of halogens is 3. The number of aryl methyl sites for hydroxylation is 1. The van der Waals surface area contributed by atoms with Crippen LogP contribution in [0, 0.1) is 12.8 Å². The van der Waals surface area contributed by atoms with Crippen molar-refractivity contribution < 1.29 is 18.3 Å². The second-order valence-electron chi connectivity index (χ2n) is 7.64. The van der Waals surface area contributed by atoms with E-state index in [1.807, 2.05) is 37.3 Å². The SMILES string of the molecule is Cc1ccc2c(N=C3C=CC(CC(O)(c4ccccc4)C(F)(F)F)C=C3)cccc2n1.